The predicted octanol–water partition coefficient (Wildman–Crippen LogP) is 3.49. The Labute approximate surface area is 139 Å². The summed E-state index contributed by atoms with van der Waals surface area (Å²) in [5.41, 5.74) is 3.85. The summed E-state index contributed by atoms with van der Waals surface area (Å²) < 4.78 is 0. The number of aliphatic imine (C=N–C) groups is 1. The minimum absolute atomic E-state index is 0.876. The Balaban J connectivity index is 1.92. The number of hydrogen-bond donors (Lipinski definition) is 2. The molecule has 0 aliphatic rings. The van der Waals surface area contributed by atoms with E-state index in [2.05, 4.69) is 65.0 Å². The Kier molecular flexibility index (Phi) is 6.27. The van der Waals surface area contributed by atoms with Crippen molar-refractivity contribution in [1.82, 2.24) is 15.2 Å². The minimum atomic E-state index is 0.876. The lowest BCUT2D eigenvalue weighted by molar-refractivity contribution is 0.470. The fourth-order valence-corrected chi connectivity index (χ4v) is 2.92. The number of para-hydroxylation sites is 1. The first-order chi connectivity index (χ1) is 11.2. The molecule has 0 aliphatic heterocycles. The van der Waals surface area contributed by atoms with Gasteiger partial charge in [0.15, 0.2) is 5.96 Å². The van der Waals surface area contributed by atoms with Crippen molar-refractivity contribution in [3.05, 3.63) is 48.2 Å². The van der Waals surface area contributed by atoms with Crippen LogP contribution in [0, 0.1) is 6.92 Å². The summed E-state index contributed by atoms with van der Waals surface area (Å²) in [6.45, 7) is 7.77. The molecule has 0 fully saturated rings. The first-order valence-electron chi connectivity index (χ1n) is 8.26. The Morgan fingerprint density at radius 3 is 2.91 bits per heavy atom. The number of fused-ring (bicyclic) bond motifs is 1. The highest BCUT2D eigenvalue weighted by atomic mass is 15.3. The third kappa shape index (κ3) is 4.38. The van der Waals surface area contributed by atoms with Gasteiger partial charge in [-0.05, 0) is 37.8 Å². The Morgan fingerprint density at radius 2 is 2.17 bits per heavy atom. The van der Waals surface area contributed by atoms with E-state index in [-0.39, 0.29) is 0 Å². The third-order valence-corrected chi connectivity index (χ3v) is 4.16. The standard InChI is InChI=1S/C19H28N4/c1-5-6-9-14-23(4)19(20-3)21-13-12-16-15(2)22-18-11-8-7-10-17(16)18/h5,7-8,10-11,22H,1,6,9,12-14H2,2-4H3,(H,20,21). The van der Waals surface area contributed by atoms with E-state index in [9.17, 15) is 0 Å². The molecule has 2 aromatic rings. The van der Waals surface area contributed by atoms with Crippen molar-refractivity contribution >= 4 is 16.9 Å². The molecule has 0 saturated heterocycles. The van der Waals surface area contributed by atoms with Crippen LogP contribution >= 0.6 is 0 Å². The molecule has 0 aliphatic carbocycles. The number of H-pyrrole nitrogens is 1. The topological polar surface area (TPSA) is 43.4 Å². The van der Waals surface area contributed by atoms with Gasteiger partial charge >= 0.3 is 0 Å². The lowest BCUT2D eigenvalue weighted by Gasteiger charge is -2.21. The molecular weight excluding hydrogens is 284 g/mol. The number of aromatic nitrogens is 1. The second-order valence-electron chi connectivity index (χ2n) is 5.85. The first-order valence-corrected chi connectivity index (χ1v) is 8.26. The van der Waals surface area contributed by atoms with Gasteiger partial charge < -0.3 is 15.2 Å². The number of aryl methyl sites for hydroxylation is 1. The van der Waals surface area contributed by atoms with Crippen LogP contribution in [-0.4, -0.2) is 43.0 Å². The van der Waals surface area contributed by atoms with Gasteiger partial charge in [-0.1, -0.05) is 24.3 Å². The van der Waals surface area contributed by atoms with Crippen LogP contribution in [0.25, 0.3) is 10.9 Å². The van der Waals surface area contributed by atoms with Crippen molar-refractivity contribution in [2.45, 2.75) is 26.2 Å². The van der Waals surface area contributed by atoms with Gasteiger partial charge in [0, 0.05) is 43.8 Å². The number of rotatable bonds is 7. The van der Waals surface area contributed by atoms with Gasteiger partial charge in [-0.15, -0.1) is 6.58 Å². The summed E-state index contributed by atoms with van der Waals surface area (Å²) in [5, 5.41) is 4.78. The fraction of sp³-hybridized carbons (Fsp3) is 0.421. The third-order valence-electron chi connectivity index (χ3n) is 4.16. The molecular formula is C19H28N4. The smallest absolute Gasteiger partial charge is 0.193 e. The number of guanidine groups is 1. The van der Waals surface area contributed by atoms with Gasteiger partial charge in [-0.3, -0.25) is 4.99 Å². The monoisotopic (exact) mass is 312 g/mol. The summed E-state index contributed by atoms with van der Waals surface area (Å²) in [5.74, 6) is 0.951. The van der Waals surface area contributed by atoms with E-state index in [0.29, 0.717) is 0 Å². The van der Waals surface area contributed by atoms with Crippen LogP contribution in [0.5, 0.6) is 0 Å². The van der Waals surface area contributed by atoms with Crippen LogP contribution in [-0.2, 0) is 6.42 Å². The Bertz CT molecular complexity index is 669. The second kappa shape index (κ2) is 8.42. The highest BCUT2D eigenvalue weighted by Gasteiger charge is 2.09. The van der Waals surface area contributed by atoms with E-state index in [4.69, 9.17) is 0 Å². The summed E-state index contributed by atoms with van der Waals surface area (Å²) in [6, 6.07) is 8.48. The number of allylic oxidation sites excluding steroid dienone is 1. The highest BCUT2D eigenvalue weighted by molar-refractivity contribution is 5.84. The van der Waals surface area contributed by atoms with Gasteiger partial charge in [0.2, 0.25) is 0 Å². The van der Waals surface area contributed by atoms with E-state index < -0.39 is 0 Å². The van der Waals surface area contributed by atoms with Crippen molar-refractivity contribution in [3.63, 3.8) is 0 Å². The number of hydrogen-bond acceptors (Lipinski definition) is 1. The summed E-state index contributed by atoms with van der Waals surface area (Å²) in [7, 11) is 3.92. The van der Waals surface area contributed by atoms with Crippen LogP contribution in [0.3, 0.4) is 0 Å². The zero-order valence-corrected chi connectivity index (χ0v) is 14.5. The maximum absolute atomic E-state index is 4.37. The van der Waals surface area contributed by atoms with Gasteiger partial charge in [0.25, 0.3) is 0 Å². The number of nitrogens with one attached hydrogen (secondary N) is 2. The number of benzene rings is 1. The maximum atomic E-state index is 4.37. The summed E-state index contributed by atoms with van der Waals surface area (Å²) >= 11 is 0. The van der Waals surface area contributed by atoms with Crippen molar-refractivity contribution < 1.29 is 0 Å². The van der Waals surface area contributed by atoms with E-state index in [1.807, 2.05) is 13.1 Å². The second-order valence-corrected chi connectivity index (χ2v) is 5.85. The average Bonchev–Trinajstić information content (AvgIpc) is 2.87. The molecule has 1 heterocycles. The highest BCUT2D eigenvalue weighted by Crippen LogP contribution is 2.21. The predicted molar refractivity (Wildman–Crippen MR) is 100 cm³/mol. The molecule has 4 heteroatoms. The molecule has 0 amide bonds. The molecule has 0 unspecified atom stereocenters. The lowest BCUT2D eigenvalue weighted by atomic mass is 10.1. The molecule has 124 valence electrons. The van der Waals surface area contributed by atoms with Gasteiger partial charge in [-0.2, -0.15) is 0 Å². The molecule has 0 atom stereocenters. The molecule has 0 radical (unpaired) electrons. The Morgan fingerprint density at radius 1 is 1.39 bits per heavy atom. The number of unbranched alkanes of at least 4 members (excludes halogenated alkanes) is 1. The Hall–Kier alpha value is -2.23. The molecule has 0 spiro atoms. The number of nitrogens with zero attached hydrogens (tertiary/aromatic N) is 2. The molecule has 2 N–H and O–H groups in total. The average molecular weight is 312 g/mol. The molecule has 0 saturated carbocycles. The SMILES string of the molecule is C=CCCCN(C)C(=NC)NCCc1c(C)[nH]c2ccccc12. The van der Waals surface area contributed by atoms with E-state index >= 15 is 0 Å². The quantitative estimate of drug-likeness (QED) is 0.356. The first kappa shape index (κ1) is 17.1. The number of aromatic amines is 1. The normalized spacial score (nSPS) is 11.7. The van der Waals surface area contributed by atoms with Crippen LogP contribution in [0.2, 0.25) is 0 Å². The van der Waals surface area contributed by atoms with Crippen LogP contribution in [0.4, 0.5) is 0 Å². The van der Waals surface area contributed by atoms with E-state index in [1.165, 1.54) is 22.2 Å². The van der Waals surface area contributed by atoms with E-state index in [1.54, 1.807) is 0 Å². The molecule has 4 nitrogen and oxygen atoms in total. The summed E-state index contributed by atoms with van der Waals surface area (Å²) in [4.78, 5) is 10.00. The van der Waals surface area contributed by atoms with Crippen LogP contribution in [0.15, 0.2) is 41.9 Å². The van der Waals surface area contributed by atoms with Crippen LogP contribution < -0.4 is 5.32 Å². The molecule has 23 heavy (non-hydrogen) atoms. The van der Waals surface area contributed by atoms with Gasteiger partial charge in [0.1, 0.15) is 0 Å². The zero-order valence-electron chi connectivity index (χ0n) is 14.5. The van der Waals surface area contributed by atoms with Crippen LogP contribution in [0.1, 0.15) is 24.1 Å². The van der Waals surface area contributed by atoms with E-state index in [0.717, 1.165) is 38.3 Å². The molecule has 1 aromatic heterocycles. The van der Waals surface area contributed by atoms with Crippen molar-refractivity contribution in [2.24, 2.45) is 4.99 Å². The lowest BCUT2D eigenvalue weighted by Crippen LogP contribution is -2.40. The fourth-order valence-electron chi connectivity index (χ4n) is 2.92. The largest absolute Gasteiger partial charge is 0.358 e. The molecule has 1 aromatic carbocycles. The van der Waals surface area contributed by atoms with Crippen molar-refractivity contribution in [1.29, 1.82) is 0 Å². The molecule has 0 bridgehead atoms. The summed E-state index contributed by atoms with van der Waals surface area (Å²) in [6.07, 6.45) is 5.08. The van der Waals surface area contributed by atoms with Gasteiger partial charge in [-0.25, -0.2) is 0 Å². The van der Waals surface area contributed by atoms with Gasteiger partial charge in [0.05, 0.1) is 0 Å². The molecule has 2 rings (SSSR count). The zero-order chi connectivity index (χ0) is 16.7. The minimum Gasteiger partial charge on any atom is -0.358 e. The maximum Gasteiger partial charge on any atom is 0.193 e. The van der Waals surface area contributed by atoms with Crippen molar-refractivity contribution in [3.8, 4) is 0 Å². The van der Waals surface area contributed by atoms with Crippen molar-refractivity contribution in [2.75, 3.05) is 27.2 Å².